The number of aryl methyl sites for hydroxylation is 1. The summed E-state index contributed by atoms with van der Waals surface area (Å²) in [5.41, 5.74) is 1.40. The summed E-state index contributed by atoms with van der Waals surface area (Å²) in [6.45, 7) is 7.26. The van der Waals surface area contributed by atoms with Crippen LogP contribution >= 0.6 is 0 Å². The Bertz CT molecular complexity index is 445. The molecule has 0 unspecified atom stereocenters. The van der Waals surface area contributed by atoms with Crippen LogP contribution in [0.1, 0.15) is 38.1 Å². The Morgan fingerprint density at radius 2 is 2.19 bits per heavy atom. The van der Waals surface area contributed by atoms with Crippen LogP contribution in [0.5, 0.6) is 0 Å². The molecule has 1 aromatic rings. The lowest BCUT2D eigenvalue weighted by molar-refractivity contribution is 0.509. The molecule has 1 saturated heterocycles. The van der Waals surface area contributed by atoms with Crippen molar-refractivity contribution in [2.45, 2.75) is 39.2 Å². The second-order valence-electron chi connectivity index (χ2n) is 4.87. The second kappa shape index (κ2) is 3.75. The second-order valence-corrected chi connectivity index (χ2v) is 4.87. The lowest BCUT2D eigenvalue weighted by Gasteiger charge is -2.31. The fraction of sp³-hybridized carbons (Fsp3) is 0.583. The highest BCUT2D eigenvalue weighted by Gasteiger charge is 2.33. The van der Waals surface area contributed by atoms with E-state index in [9.17, 15) is 0 Å². The number of aromatic nitrogens is 2. The first-order chi connectivity index (χ1) is 7.53. The molecule has 0 spiro atoms. The van der Waals surface area contributed by atoms with Crippen molar-refractivity contribution < 1.29 is 0 Å². The van der Waals surface area contributed by atoms with Gasteiger partial charge in [0.05, 0.1) is 0 Å². The van der Waals surface area contributed by atoms with Crippen molar-refractivity contribution in [1.82, 2.24) is 9.97 Å². The zero-order valence-corrected chi connectivity index (χ0v) is 9.99. The van der Waals surface area contributed by atoms with Crippen LogP contribution in [0.15, 0.2) is 6.07 Å². The largest absolute Gasteiger partial charge is 0.336 e. The first-order valence-corrected chi connectivity index (χ1v) is 5.56. The first kappa shape index (κ1) is 10.9. The fourth-order valence-electron chi connectivity index (χ4n) is 2.21. The molecule has 16 heavy (non-hydrogen) atoms. The van der Waals surface area contributed by atoms with Crippen molar-refractivity contribution in [2.75, 3.05) is 11.4 Å². The number of hydrogen-bond donors (Lipinski definition) is 0. The predicted octanol–water partition coefficient (Wildman–Crippen LogP) is 2.04. The average molecular weight is 216 g/mol. The minimum atomic E-state index is 0.0977. The van der Waals surface area contributed by atoms with Gasteiger partial charge in [0, 0.05) is 17.8 Å². The van der Waals surface area contributed by atoms with Gasteiger partial charge in [-0.1, -0.05) is 0 Å². The van der Waals surface area contributed by atoms with Gasteiger partial charge in [-0.05, 0) is 39.7 Å². The lowest BCUT2D eigenvalue weighted by Crippen LogP contribution is -2.39. The monoisotopic (exact) mass is 216 g/mol. The van der Waals surface area contributed by atoms with Gasteiger partial charge in [0.15, 0.2) is 0 Å². The highest BCUT2D eigenvalue weighted by Crippen LogP contribution is 2.31. The van der Waals surface area contributed by atoms with E-state index in [1.165, 1.54) is 0 Å². The molecule has 4 nitrogen and oxygen atoms in total. The van der Waals surface area contributed by atoms with E-state index in [0.29, 0.717) is 11.6 Å². The Kier molecular flexibility index (Phi) is 2.55. The van der Waals surface area contributed by atoms with Crippen molar-refractivity contribution >= 4 is 5.95 Å². The van der Waals surface area contributed by atoms with Crippen molar-refractivity contribution in [3.63, 3.8) is 0 Å². The van der Waals surface area contributed by atoms with Gasteiger partial charge in [0.25, 0.3) is 0 Å². The van der Waals surface area contributed by atoms with Crippen molar-refractivity contribution in [2.24, 2.45) is 0 Å². The molecule has 0 atom stereocenters. The van der Waals surface area contributed by atoms with Crippen LogP contribution in [-0.2, 0) is 0 Å². The third-order valence-electron chi connectivity index (χ3n) is 3.10. The molecule has 0 radical (unpaired) electrons. The van der Waals surface area contributed by atoms with E-state index in [1.807, 2.05) is 6.92 Å². The Balaban J connectivity index is 2.41. The van der Waals surface area contributed by atoms with Crippen LogP contribution in [-0.4, -0.2) is 22.1 Å². The molecule has 4 heteroatoms. The van der Waals surface area contributed by atoms with E-state index < -0.39 is 0 Å². The molecule has 1 aliphatic rings. The van der Waals surface area contributed by atoms with Gasteiger partial charge in [-0.15, -0.1) is 0 Å². The standard InChI is InChI=1S/C12H16N4/c1-9-7-10(8-13)15-11(14-9)16-6-4-5-12(16,2)3/h7H,4-6H2,1-3H3. The van der Waals surface area contributed by atoms with Gasteiger partial charge in [0.1, 0.15) is 11.8 Å². The minimum absolute atomic E-state index is 0.0977. The molecule has 1 aliphatic heterocycles. The molecule has 2 rings (SSSR count). The van der Waals surface area contributed by atoms with E-state index in [1.54, 1.807) is 6.07 Å². The van der Waals surface area contributed by atoms with E-state index in [0.717, 1.165) is 25.1 Å². The normalized spacial score (nSPS) is 18.5. The summed E-state index contributed by atoms with van der Waals surface area (Å²) in [5.74, 6) is 0.694. The Morgan fingerprint density at radius 3 is 2.75 bits per heavy atom. The molecule has 0 bridgehead atoms. The first-order valence-electron chi connectivity index (χ1n) is 5.56. The third-order valence-corrected chi connectivity index (χ3v) is 3.10. The smallest absolute Gasteiger partial charge is 0.227 e. The van der Waals surface area contributed by atoms with Crippen LogP contribution in [0.4, 0.5) is 5.95 Å². The highest BCUT2D eigenvalue weighted by molar-refractivity contribution is 5.40. The lowest BCUT2D eigenvalue weighted by atomic mass is 10.0. The van der Waals surface area contributed by atoms with Crippen LogP contribution < -0.4 is 4.90 Å². The Hall–Kier alpha value is -1.63. The molecule has 0 N–H and O–H groups in total. The van der Waals surface area contributed by atoms with E-state index in [2.05, 4.69) is 34.8 Å². The highest BCUT2D eigenvalue weighted by atomic mass is 15.3. The van der Waals surface area contributed by atoms with Gasteiger partial charge in [-0.25, -0.2) is 9.97 Å². The topological polar surface area (TPSA) is 52.8 Å². The van der Waals surface area contributed by atoms with Crippen molar-refractivity contribution in [3.05, 3.63) is 17.5 Å². The molecule has 1 aromatic heterocycles. The summed E-state index contributed by atoms with van der Waals surface area (Å²) in [7, 11) is 0. The number of rotatable bonds is 1. The maximum absolute atomic E-state index is 8.90. The quantitative estimate of drug-likeness (QED) is 0.720. The van der Waals surface area contributed by atoms with Crippen molar-refractivity contribution in [3.8, 4) is 6.07 Å². The van der Waals surface area contributed by atoms with Crippen molar-refractivity contribution in [1.29, 1.82) is 5.26 Å². The number of anilines is 1. The summed E-state index contributed by atoms with van der Waals surface area (Å²) < 4.78 is 0. The summed E-state index contributed by atoms with van der Waals surface area (Å²) >= 11 is 0. The number of hydrogen-bond acceptors (Lipinski definition) is 4. The molecular formula is C12H16N4. The number of nitriles is 1. The van der Waals surface area contributed by atoms with Gasteiger partial charge in [0.2, 0.25) is 5.95 Å². The summed E-state index contributed by atoms with van der Waals surface area (Å²) in [6, 6.07) is 3.80. The molecular weight excluding hydrogens is 200 g/mol. The molecule has 0 aliphatic carbocycles. The van der Waals surface area contributed by atoms with E-state index in [-0.39, 0.29) is 5.54 Å². The summed E-state index contributed by atoms with van der Waals surface area (Å²) in [4.78, 5) is 10.9. The van der Waals surface area contributed by atoms with Gasteiger partial charge in [-0.3, -0.25) is 0 Å². The predicted molar refractivity (Wildman–Crippen MR) is 62.1 cm³/mol. The molecule has 0 amide bonds. The van der Waals surface area contributed by atoms with E-state index >= 15 is 0 Å². The Labute approximate surface area is 95.9 Å². The number of nitrogens with zero attached hydrogens (tertiary/aromatic N) is 4. The fourth-order valence-corrected chi connectivity index (χ4v) is 2.21. The van der Waals surface area contributed by atoms with Gasteiger partial charge < -0.3 is 4.90 Å². The molecule has 1 fully saturated rings. The maximum atomic E-state index is 8.90. The molecule has 84 valence electrons. The zero-order valence-electron chi connectivity index (χ0n) is 9.99. The molecule has 0 saturated carbocycles. The van der Waals surface area contributed by atoms with Gasteiger partial charge in [-0.2, -0.15) is 5.26 Å². The van der Waals surface area contributed by atoms with Crippen LogP contribution in [0.2, 0.25) is 0 Å². The third kappa shape index (κ3) is 1.85. The average Bonchev–Trinajstić information content (AvgIpc) is 2.57. The van der Waals surface area contributed by atoms with Crippen LogP contribution in [0.3, 0.4) is 0 Å². The Morgan fingerprint density at radius 1 is 1.44 bits per heavy atom. The van der Waals surface area contributed by atoms with Gasteiger partial charge >= 0.3 is 0 Å². The summed E-state index contributed by atoms with van der Waals surface area (Å²) in [6.07, 6.45) is 2.30. The maximum Gasteiger partial charge on any atom is 0.227 e. The zero-order chi connectivity index (χ0) is 11.8. The SMILES string of the molecule is Cc1cc(C#N)nc(N2CCCC2(C)C)n1. The van der Waals surface area contributed by atoms with Crippen LogP contribution in [0.25, 0.3) is 0 Å². The molecule has 2 heterocycles. The summed E-state index contributed by atoms with van der Waals surface area (Å²) in [5, 5.41) is 8.90. The molecule has 0 aromatic carbocycles. The van der Waals surface area contributed by atoms with Crippen LogP contribution in [0, 0.1) is 18.3 Å². The minimum Gasteiger partial charge on any atom is -0.336 e. The van der Waals surface area contributed by atoms with E-state index in [4.69, 9.17) is 5.26 Å².